The number of hydrogen-bond donors (Lipinski definition) is 2. The highest BCUT2D eigenvalue weighted by molar-refractivity contribution is 5.99. The van der Waals surface area contributed by atoms with Crippen LogP contribution in [0.2, 0.25) is 0 Å². The predicted molar refractivity (Wildman–Crippen MR) is 107 cm³/mol. The third-order valence-electron chi connectivity index (χ3n) is 4.95. The largest absolute Gasteiger partial charge is 0.508 e. The van der Waals surface area contributed by atoms with E-state index in [-0.39, 0.29) is 5.75 Å². The van der Waals surface area contributed by atoms with E-state index in [2.05, 4.69) is 14.9 Å². The van der Waals surface area contributed by atoms with Crippen LogP contribution in [0.3, 0.4) is 0 Å². The Morgan fingerprint density at radius 3 is 2.52 bits per heavy atom. The predicted octanol–water partition coefficient (Wildman–Crippen LogP) is 3.78. The molecule has 1 saturated heterocycles. The fourth-order valence-corrected chi connectivity index (χ4v) is 3.55. The lowest BCUT2D eigenvalue weighted by Gasteiger charge is -2.20. The first-order chi connectivity index (χ1) is 13.1. The van der Waals surface area contributed by atoms with Gasteiger partial charge in [0.05, 0.1) is 12.9 Å². The van der Waals surface area contributed by atoms with Gasteiger partial charge < -0.3 is 15.7 Å². The summed E-state index contributed by atoms with van der Waals surface area (Å²) in [7, 11) is 0.500. The van der Waals surface area contributed by atoms with Crippen LogP contribution < -0.4 is 10.6 Å². The number of alkyl halides is 1. The van der Waals surface area contributed by atoms with Crippen molar-refractivity contribution in [1.29, 1.82) is 0 Å². The van der Waals surface area contributed by atoms with E-state index in [0.29, 0.717) is 18.5 Å². The summed E-state index contributed by atoms with van der Waals surface area (Å²) in [6, 6.07) is 5.59. The van der Waals surface area contributed by atoms with Crippen molar-refractivity contribution in [3.05, 3.63) is 35.7 Å². The second kappa shape index (κ2) is 7.73. The van der Waals surface area contributed by atoms with Crippen LogP contribution in [0, 0.1) is 13.8 Å². The van der Waals surface area contributed by atoms with Gasteiger partial charge in [0.2, 0.25) is 0 Å². The molecule has 0 saturated carbocycles. The van der Waals surface area contributed by atoms with Crippen molar-refractivity contribution in [2.24, 2.45) is 0 Å². The molecule has 0 radical (unpaired) electrons. The van der Waals surface area contributed by atoms with Crippen molar-refractivity contribution in [2.75, 3.05) is 30.9 Å². The van der Waals surface area contributed by atoms with Crippen molar-refractivity contribution in [2.45, 2.75) is 26.7 Å². The van der Waals surface area contributed by atoms with Gasteiger partial charge in [0.15, 0.2) is 0 Å². The van der Waals surface area contributed by atoms with Gasteiger partial charge in [0, 0.05) is 29.6 Å². The zero-order valence-corrected chi connectivity index (χ0v) is 15.8. The van der Waals surface area contributed by atoms with Crippen LogP contribution >= 0.6 is 0 Å². The first-order valence-electron chi connectivity index (χ1n) is 8.90. The molecule has 1 fully saturated rings. The van der Waals surface area contributed by atoms with Gasteiger partial charge in [-0.15, -0.1) is 0 Å². The minimum absolute atomic E-state index is 0.254. The summed E-state index contributed by atoms with van der Waals surface area (Å²) >= 11 is 0. The Balaban J connectivity index is 0.00000102. The zero-order chi connectivity index (χ0) is 19.6. The fourth-order valence-electron chi connectivity index (χ4n) is 3.55. The van der Waals surface area contributed by atoms with Crippen molar-refractivity contribution in [3.63, 3.8) is 0 Å². The van der Waals surface area contributed by atoms with Crippen LogP contribution in [-0.4, -0.2) is 40.3 Å². The molecule has 3 N–H and O–H groups in total. The molecule has 1 aromatic carbocycles. The lowest BCUT2D eigenvalue weighted by molar-refractivity contribution is 0.471. The van der Waals surface area contributed by atoms with Crippen molar-refractivity contribution < 1.29 is 9.50 Å². The summed E-state index contributed by atoms with van der Waals surface area (Å²) in [5, 5.41) is 11.0. The topological polar surface area (TPSA) is 88.2 Å². The standard InChI is InChI=1S/C19H21N5O.CH3F/c1-11-5-6-14(25)12(2)16(11)18-17-13(19(20)22-10-21-17)9-15(23-18)24-7-3-4-8-24;1-2/h5-6,9-10,25H,3-4,7-8H2,1-2H3,(H2,20,21,22);1H3. The van der Waals surface area contributed by atoms with E-state index in [0.717, 1.165) is 46.7 Å². The van der Waals surface area contributed by atoms with Gasteiger partial charge in [-0.2, -0.15) is 0 Å². The van der Waals surface area contributed by atoms with E-state index in [9.17, 15) is 9.50 Å². The molecule has 0 unspecified atom stereocenters. The minimum atomic E-state index is 0.254. The number of rotatable bonds is 2. The van der Waals surface area contributed by atoms with Crippen LogP contribution in [0.1, 0.15) is 24.0 Å². The number of halogens is 1. The molecule has 4 rings (SSSR count). The lowest BCUT2D eigenvalue weighted by Crippen LogP contribution is -2.19. The van der Waals surface area contributed by atoms with Crippen LogP contribution in [-0.2, 0) is 0 Å². The Kier molecular flexibility index (Phi) is 5.39. The third-order valence-corrected chi connectivity index (χ3v) is 4.95. The number of nitrogens with zero attached hydrogens (tertiary/aromatic N) is 4. The van der Waals surface area contributed by atoms with Gasteiger partial charge in [0.25, 0.3) is 0 Å². The quantitative estimate of drug-likeness (QED) is 0.715. The zero-order valence-electron chi connectivity index (χ0n) is 15.8. The first-order valence-corrected chi connectivity index (χ1v) is 8.90. The number of aromatic nitrogens is 3. The second-order valence-corrected chi connectivity index (χ2v) is 6.58. The van der Waals surface area contributed by atoms with E-state index in [1.807, 2.05) is 26.0 Å². The SMILES string of the molecule is CF.Cc1ccc(O)c(C)c1-c1nc(N2CCCC2)cc2c(N)ncnc12. The molecule has 3 aromatic rings. The molecular formula is C20H24FN5O. The summed E-state index contributed by atoms with van der Waals surface area (Å²) in [5.74, 6) is 1.59. The molecule has 6 nitrogen and oxygen atoms in total. The maximum Gasteiger partial charge on any atom is 0.134 e. The van der Waals surface area contributed by atoms with E-state index < -0.39 is 0 Å². The summed E-state index contributed by atoms with van der Waals surface area (Å²) in [6.07, 6.45) is 3.80. The molecule has 7 heteroatoms. The number of phenolic OH excluding ortho intramolecular Hbond substituents is 1. The van der Waals surface area contributed by atoms with Crippen LogP contribution in [0.15, 0.2) is 24.5 Å². The molecule has 27 heavy (non-hydrogen) atoms. The van der Waals surface area contributed by atoms with E-state index >= 15 is 0 Å². The highest BCUT2D eigenvalue weighted by atomic mass is 19.1. The first kappa shape index (κ1) is 18.8. The number of anilines is 2. The molecule has 0 amide bonds. The number of hydrogen-bond acceptors (Lipinski definition) is 6. The van der Waals surface area contributed by atoms with Crippen molar-refractivity contribution in [3.8, 4) is 17.0 Å². The van der Waals surface area contributed by atoms with Crippen LogP contribution in [0.4, 0.5) is 16.0 Å². The average Bonchev–Trinajstić information content (AvgIpc) is 3.22. The summed E-state index contributed by atoms with van der Waals surface area (Å²) < 4.78 is 9.50. The van der Waals surface area contributed by atoms with Crippen LogP contribution in [0.25, 0.3) is 22.2 Å². The average molecular weight is 369 g/mol. The number of aromatic hydroxyl groups is 1. The van der Waals surface area contributed by atoms with Gasteiger partial charge in [-0.05, 0) is 44.4 Å². The minimum Gasteiger partial charge on any atom is -0.508 e. The van der Waals surface area contributed by atoms with Crippen molar-refractivity contribution in [1.82, 2.24) is 15.0 Å². The van der Waals surface area contributed by atoms with Gasteiger partial charge >= 0.3 is 0 Å². The molecule has 0 aliphatic carbocycles. The molecule has 0 bridgehead atoms. The van der Waals surface area contributed by atoms with Gasteiger partial charge in [-0.25, -0.2) is 15.0 Å². The monoisotopic (exact) mass is 369 g/mol. The number of benzene rings is 1. The molecule has 142 valence electrons. The third kappa shape index (κ3) is 3.37. The molecule has 1 aliphatic heterocycles. The van der Waals surface area contributed by atoms with Crippen LogP contribution in [0.5, 0.6) is 5.75 Å². The number of fused-ring (bicyclic) bond motifs is 1. The number of nitrogens with two attached hydrogens (primary N) is 1. The molecule has 1 aliphatic rings. The van der Waals surface area contributed by atoms with E-state index in [1.54, 1.807) is 6.07 Å². The Bertz CT molecular complexity index is 970. The molecular weight excluding hydrogens is 345 g/mol. The number of pyridine rings is 1. The molecule has 3 heterocycles. The summed E-state index contributed by atoms with van der Waals surface area (Å²) in [6.45, 7) is 5.90. The highest BCUT2D eigenvalue weighted by Crippen LogP contribution is 2.37. The van der Waals surface area contributed by atoms with Gasteiger partial charge in [-0.3, -0.25) is 4.39 Å². The number of aryl methyl sites for hydroxylation is 1. The van der Waals surface area contributed by atoms with Gasteiger partial charge in [0.1, 0.15) is 29.2 Å². The second-order valence-electron chi connectivity index (χ2n) is 6.58. The van der Waals surface area contributed by atoms with Crippen molar-refractivity contribution >= 4 is 22.5 Å². The Morgan fingerprint density at radius 2 is 1.81 bits per heavy atom. The lowest BCUT2D eigenvalue weighted by atomic mass is 9.97. The number of phenols is 1. The maximum absolute atomic E-state index is 10.2. The fraction of sp³-hybridized carbons (Fsp3) is 0.350. The summed E-state index contributed by atoms with van der Waals surface area (Å²) in [4.78, 5) is 15.8. The highest BCUT2D eigenvalue weighted by Gasteiger charge is 2.21. The van der Waals surface area contributed by atoms with E-state index in [4.69, 9.17) is 10.7 Å². The normalized spacial score (nSPS) is 13.6. The Hall–Kier alpha value is -2.96. The number of nitrogen functional groups attached to an aromatic ring is 1. The molecule has 2 aromatic heterocycles. The molecule has 0 atom stereocenters. The Labute approximate surface area is 157 Å². The molecule has 0 spiro atoms. The summed E-state index contributed by atoms with van der Waals surface area (Å²) in [5.41, 5.74) is 10.3. The Morgan fingerprint density at radius 1 is 1.11 bits per heavy atom. The van der Waals surface area contributed by atoms with Gasteiger partial charge in [-0.1, -0.05) is 6.07 Å². The van der Waals surface area contributed by atoms with E-state index in [1.165, 1.54) is 19.2 Å². The smallest absolute Gasteiger partial charge is 0.134 e. The maximum atomic E-state index is 10.2.